The van der Waals surface area contributed by atoms with E-state index in [0.29, 0.717) is 22.0 Å². The van der Waals surface area contributed by atoms with Gasteiger partial charge in [-0.05, 0) is 0 Å². The molecular formula is C15H15N5O7S3. The Kier molecular flexibility index (Phi) is 6.84. The van der Waals surface area contributed by atoms with Gasteiger partial charge in [0.1, 0.15) is 37.3 Å². The molecule has 3 heterocycles. The normalized spacial score (nSPS) is 20.6. The number of nitrogens with two attached hydrogens (primary N) is 1. The van der Waals surface area contributed by atoms with Gasteiger partial charge in [-0.2, -0.15) is 0 Å². The van der Waals surface area contributed by atoms with Crippen LogP contribution in [0.2, 0.25) is 0 Å². The Bertz CT molecular complexity index is 947. The number of nitrogens with one attached hydrogen (secondary N) is 1. The van der Waals surface area contributed by atoms with E-state index in [1.165, 1.54) is 30.0 Å². The van der Waals surface area contributed by atoms with E-state index in [4.69, 9.17) is 19.9 Å². The summed E-state index contributed by atoms with van der Waals surface area (Å²) in [5.74, 6) is -2.73. The largest absolute Gasteiger partial charge is 0.481 e. The van der Waals surface area contributed by atoms with E-state index in [2.05, 4.69) is 15.5 Å². The third kappa shape index (κ3) is 4.85. The topological polar surface area (TPSA) is 174 Å². The first-order valence-electron chi connectivity index (χ1n) is 8.19. The van der Waals surface area contributed by atoms with Crippen molar-refractivity contribution in [1.82, 2.24) is 15.2 Å². The number of rotatable bonds is 8. The number of amides is 2. The van der Waals surface area contributed by atoms with Crippen molar-refractivity contribution in [3.63, 3.8) is 0 Å². The molecule has 12 nitrogen and oxygen atoms in total. The molecular weight excluding hydrogens is 458 g/mol. The van der Waals surface area contributed by atoms with Gasteiger partial charge < -0.3 is 30.1 Å². The number of aromatic nitrogens is 1. The van der Waals surface area contributed by atoms with Gasteiger partial charge in [-0.25, -0.2) is 4.98 Å². The average molecular weight is 474 g/mol. The van der Waals surface area contributed by atoms with Gasteiger partial charge in [-0.15, -0.1) is 23.1 Å². The fourth-order valence-corrected chi connectivity index (χ4v) is 4.88. The maximum atomic E-state index is 12.6. The SMILES string of the molecule is CO/N=C(/C(=O)NC1C(=O)N2C=C(SOC(=O)CC(=O)O)SCC12)c1csc(N)n1. The Morgan fingerprint density at radius 2 is 2.27 bits per heavy atom. The van der Waals surface area contributed by atoms with Gasteiger partial charge in [-0.3, -0.25) is 19.2 Å². The summed E-state index contributed by atoms with van der Waals surface area (Å²) in [4.78, 5) is 56.9. The van der Waals surface area contributed by atoms with Crippen molar-refractivity contribution in [2.24, 2.45) is 5.16 Å². The first kappa shape index (κ1) is 21.9. The van der Waals surface area contributed by atoms with Crippen molar-refractivity contribution in [1.29, 1.82) is 0 Å². The Labute approximate surface area is 182 Å². The van der Waals surface area contributed by atoms with Gasteiger partial charge in [0.2, 0.25) is 0 Å². The number of oxime groups is 1. The van der Waals surface area contributed by atoms with Crippen LogP contribution in [0.15, 0.2) is 21.0 Å². The number of nitrogen functional groups attached to an aromatic ring is 1. The summed E-state index contributed by atoms with van der Waals surface area (Å²) in [6.07, 6.45) is 0.744. The van der Waals surface area contributed by atoms with Crippen LogP contribution < -0.4 is 11.1 Å². The van der Waals surface area contributed by atoms with Gasteiger partial charge in [-0.1, -0.05) is 5.16 Å². The lowest BCUT2D eigenvalue weighted by Crippen LogP contribution is -2.71. The van der Waals surface area contributed by atoms with Gasteiger partial charge in [0, 0.05) is 17.3 Å². The number of thiazole rings is 1. The molecule has 1 aromatic rings. The number of hydrogen-bond acceptors (Lipinski definition) is 12. The summed E-state index contributed by atoms with van der Waals surface area (Å²) >= 11 is 3.14. The van der Waals surface area contributed by atoms with E-state index < -0.39 is 30.3 Å². The summed E-state index contributed by atoms with van der Waals surface area (Å²) in [6, 6.07) is -1.06. The van der Waals surface area contributed by atoms with E-state index in [0.717, 1.165) is 11.3 Å². The molecule has 30 heavy (non-hydrogen) atoms. The first-order chi connectivity index (χ1) is 14.3. The van der Waals surface area contributed by atoms with Crippen LogP contribution in [0.1, 0.15) is 12.1 Å². The molecule has 1 fully saturated rings. The minimum atomic E-state index is -1.29. The summed E-state index contributed by atoms with van der Waals surface area (Å²) in [7, 11) is 1.28. The molecule has 0 saturated carbocycles. The fraction of sp³-hybridized carbons (Fsp3) is 0.333. The zero-order valence-corrected chi connectivity index (χ0v) is 17.7. The zero-order valence-electron chi connectivity index (χ0n) is 15.3. The average Bonchev–Trinajstić information content (AvgIpc) is 3.13. The third-order valence-electron chi connectivity index (χ3n) is 3.86. The molecule has 2 unspecified atom stereocenters. The second-order valence-corrected chi connectivity index (χ2v) is 8.81. The van der Waals surface area contributed by atoms with Crippen molar-refractivity contribution >= 4 is 69.7 Å². The molecule has 1 aromatic heterocycles. The minimum Gasteiger partial charge on any atom is -0.481 e. The molecule has 2 aliphatic heterocycles. The van der Waals surface area contributed by atoms with Crippen LogP contribution in [0.25, 0.3) is 0 Å². The third-order valence-corrected chi connectivity index (χ3v) is 6.53. The second-order valence-electron chi connectivity index (χ2n) is 5.83. The van der Waals surface area contributed by atoms with Crippen LogP contribution in [0.5, 0.6) is 0 Å². The Morgan fingerprint density at radius 1 is 1.50 bits per heavy atom. The van der Waals surface area contributed by atoms with Crippen LogP contribution in [-0.4, -0.2) is 69.4 Å². The number of nitrogens with zero attached hydrogens (tertiary/aromatic N) is 3. The number of thioether (sulfide) groups is 1. The lowest BCUT2D eigenvalue weighted by Gasteiger charge is -2.47. The van der Waals surface area contributed by atoms with Gasteiger partial charge >= 0.3 is 11.9 Å². The number of fused-ring (bicyclic) bond motifs is 1. The molecule has 2 aliphatic rings. The van der Waals surface area contributed by atoms with Gasteiger partial charge in [0.15, 0.2) is 10.8 Å². The van der Waals surface area contributed by atoms with Crippen molar-refractivity contribution < 1.29 is 33.3 Å². The lowest BCUT2D eigenvalue weighted by atomic mass is 9.97. The molecule has 15 heteroatoms. The molecule has 160 valence electrons. The molecule has 0 bridgehead atoms. The van der Waals surface area contributed by atoms with Crippen LogP contribution in [-0.2, 0) is 28.2 Å². The zero-order chi connectivity index (χ0) is 21.8. The second kappa shape index (κ2) is 9.36. The summed E-state index contributed by atoms with van der Waals surface area (Å²) in [5.41, 5.74) is 5.72. The van der Waals surface area contributed by atoms with Crippen molar-refractivity contribution in [3.8, 4) is 0 Å². The highest BCUT2D eigenvalue weighted by Gasteiger charge is 2.49. The van der Waals surface area contributed by atoms with Crippen LogP contribution >= 0.6 is 35.1 Å². The number of carbonyl (C=O) groups is 4. The number of hydrogen-bond donors (Lipinski definition) is 3. The number of carboxylic acid groups (broad SMARTS) is 1. The quantitative estimate of drug-likeness (QED) is 0.152. The highest BCUT2D eigenvalue weighted by Crippen LogP contribution is 2.39. The van der Waals surface area contributed by atoms with Crippen molar-refractivity contribution in [2.45, 2.75) is 18.5 Å². The molecule has 0 spiro atoms. The maximum absolute atomic E-state index is 12.6. The number of carbonyl (C=O) groups excluding carboxylic acids is 3. The molecule has 2 atom stereocenters. The predicted molar refractivity (Wildman–Crippen MR) is 109 cm³/mol. The predicted octanol–water partition coefficient (Wildman–Crippen LogP) is -0.0168. The van der Waals surface area contributed by atoms with E-state index in [-0.39, 0.29) is 28.5 Å². The van der Waals surface area contributed by atoms with Crippen LogP contribution in [0.3, 0.4) is 0 Å². The number of anilines is 1. The monoisotopic (exact) mass is 473 g/mol. The molecule has 2 amide bonds. The van der Waals surface area contributed by atoms with Crippen molar-refractivity contribution in [2.75, 3.05) is 18.6 Å². The van der Waals surface area contributed by atoms with E-state index in [1.54, 1.807) is 5.38 Å². The standard InChI is InChI=1S/C15H15N5O7S3/c1-26-19-11(6-4-29-15(16)17-6)13(24)18-12-7-5-28-10(3-20(7)14(12)25)30-27-9(23)2-8(21)22/h3-4,7,12H,2,5H2,1H3,(H2,16,17)(H,18,24)(H,21,22)/b19-11+. The molecule has 1 saturated heterocycles. The van der Waals surface area contributed by atoms with E-state index in [1.807, 2.05) is 0 Å². The number of aliphatic carboxylic acids is 1. The lowest BCUT2D eigenvalue weighted by molar-refractivity contribution is -0.147. The molecule has 3 rings (SSSR count). The maximum Gasteiger partial charge on any atom is 0.329 e. The molecule has 0 aliphatic carbocycles. The van der Waals surface area contributed by atoms with Crippen LogP contribution in [0.4, 0.5) is 5.13 Å². The molecule has 4 N–H and O–H groups in total. The van der Waals surface area contributed by atoms with Crippen molar-refractivity contribution in [3.05, 3.63) is 21.5 Å². The van der Waals surface area contributed by atoms with Gasteiger partial charge in [0.25, 0.3) is 11.8 Å². The van der Waals surface area contributed by atoms with E-state index in [9.17, 15) is 19.2 Å². The Balaban J connectivity index is 1.59. The number of β-lactam (4-membered cyclic amide) rings is 1. The van der Waals surface area contributed by atoms with Crippen LogP contribution in [0, 0.1) is 0 Å². The highest BCUT2D eigenvalue weighted by molar-refractivity contribution is 8.20. The Hall–Kier alpha value is -2.78. The Morgan fingerprint density at radius 3 is 2.90 bits per heavy atom. The van der Waals surface area contributed by atoms with Gasteiger partial charge in [0.05, 0.1) is 10.3 Å². The molecule has 0 radical (unpaired) electrons. The van der Waals surface area contributed by atoms with E-state index >= 15 is 0 Å². The summed E-state index contributed by atoms with van der Waals surface area (Å²) in [5, 5.41) is 16.7. The highest BCUT2D eigenvalue weighted by atomic mass is 32.2. The first-order valence-corrected chi connectivity index (χ1v) is 10.8. The summed E-state index contributed by atoms with van der Waals surface area (Å²) < 4.78 is 5.31. The fourth-order valence-electron chi connectivity index (χ4n) is 2.57. The summed E-state index contributed by atoms with van der Waals surface area (Å²) in [6.45, 7) is 0. The number of carboxylic acids is 1. The molecule has 0 aromatic carbocycles. The minimum absolute atomic E-state index is 0.0997. The smallest absolute Gasteiger partial charge is 0.329 e.